The van der Waals surface area contributed by atoms with Crippen LogP contribution in [0, 0.1) is 5.41 Å². The quantitative estimate of drug-likeness (QED) is 0.642. The van der Waals surface area contributed by atoms with E-state index in [9.17, 15) is 13.2 Å². The predicted molar refractivity (Wildman–Crippen MR) is 69.2 cm³/mol. The van der Waals surface area contributed by atoms with Crippen molar-refractivity contribution < 1.29 is 13.2 Å². The lowest BCUT2D eigenvalue weighted by atomic mass is 10.2. The predicted octanol–water partition coefficient (Wildman–Crippen LogP) is 2.66. The summed E-state index contributed by atoms with van der Waals surface area (Å²) in [5.74, 6) is -0.0977. The lowest BCUT2D eigenvalue weighted by Gasteiger charge is -2.20. The minimum atomic E-state index is -4.19. The van der Waals surface area contributed by atoms with E-state index in [1.165, 1.54) is 0 Å². The Morgan fingerprint density at radius 1 is 1.44 bits per heavy atom. The standard InChI is InChI=1S/C11H14F3N3S/c1-17(5-6-18-11(12,13)14)9-4-2-3-8(7-9)10(15)16/h2-4,7H,5-6H2,1H3,(H3,15,16). The number of anilines is 1. The van der Waals surface area contributed by atoms with Crippen molar-refractivity contribution >= 4 is 23.3 Å². The van der Waals surface area contributed by atoms with Gasteiger partial charge in [-0.3, -0.25) is 5.41 Å². The summed E-state index contributed by atoms with van der Waals surface area (Å²) >= 11 is -0.0415. The van der Waals surface area contributed by atoms with Crippen LogP contribution in [0.4, 0.5) is 18.9 Å². The third-order valence-electron chi connectivity index (χ3n) is 2.29. The van der Waals surface area contributed by atoms with Crippen LogP contribution >= 0.6 is 11.8 Å². The molecule has 0 bridgehead atoms. The number of amidine groups is 1. The van der Waals surface area contributed by atoms with Gasteiger partial charge in [-0.1, -0.05) is 12.1 Å². The van der Waals surface area contributed by atoms with E-state index < -0.39 is 5.51 Å². The van der Waals surface area contributed by atoms with Gasteiger partial charge in [-0.15, -0.1) is 0 Å². The molecule has 0 aliphatic carbocycles. The Hall–Kier alpha value is -1.37. The fourth-order valence-corrected chi connectivity index (χ4v) is 1.93. The number of nitrogens with one attached hydrogen (secondary N) is 1. The fourth-order valence-electron chi connectivity index (χ4n) is 1.34. The number of benzene rings is 1. The van der Waals surface area contributed by atoms with Crippen molar-refractivity contribution in [2.24, 2.45) is 5.73 Å². The summed E-state index contributed by atoms with van der Waals surface area (Å²) in [5, 5.41) is 7.30. The molecule has 1 rings (SSSR count). The minimum Gasteiger partial charge on any atom is -0.384 e. The van der Waals surface area contributed by atoms with Crippen LogP contribution in [-0.4, -0.2) is 30.7 Å². The van der Waals surface area contributed by atoms with E-state index in [-0.39, 0.29) is 29.9 Å². The van der Waals surface area contributed by atoms with E-state index in [0.717, 1.165) is 5.69 Å². The van der Waals surface area contributed by atoms with E-state index in [2.05, 4.69) is 0 Å². The fraction of sp³-hybridized carbons (Fsp3) is 0.364. The molecule has 0 spiro atoms. The highest BCUT2D eigenvalue weighted by molar-refractivity contribution is 8.00. The van der Waals surface area contributed by atoms with Gasteiger partial charge in [0.1, 0.15) is 5.84 Å². The summed E-state index contributed by atoms with van der Waals surface area (Å²) in [5.41, 5.74) is 2.46. The number of halogens is 3. The Morgan fingerprint density at radius 2 is 2.11 bits per heavy atom. The molecule has 0 atom stereocenters. The number of thioether (sulfide) groups is 1. The third-order valence-corrected chi connectivity index (χ3v) is 3.00. The van der Waals surface area contributed by atoms with Crippen molar-refractivity contribution in [1.82, 2.24) is 0 Å². The molecule has 1 aromatic carbocycles. The zero-order valence-corrected chi connectivity index (χ0v) is 10.6. The number of nitrogens with zero attached hydrogens (tertiary/aromatic N) is 1. The van der Waals surface area contributed by atoms with Gasteiger partial charge in [0.25, 0.3) is 0 Å². The molecule has 0 radical (unpaired) electrons. The number of hydrogen-bond donors (Lipinski definition) is 2. The zero-order chi connectivity index (χ0) is 13.8. The van der Waals surface area contributed by atoms with Crippen molar-refractivity contribution in [3.8, 4) is 0 Å². The molecule has 100 valence electrons. The first kappa shape index (κ1) is 14.7. The molecule has 0 aliphatic heterocycles. The first-order valence-corrected chi connectivity index (χ1v) is 6.14. The second-order valence-electron chi connectivity index (χ2n) is 3.68. The van der Waals surface area contributed by atoms with Gasteiger partial charge in [-0.25, -0.2) is 0 Å². The summed E-state index contributed by atoms with van der Waals surface area (Å²) in [6.07, 6.45) is 0. The van der Waals surface area contributed by atoms with Gasteiger partial charge in [0.15, 0.2) is 0 Å². The number of alkyl halides is 3. The Labute approximate surface area is 108 Å². The summed E-state index contributed by atoms with van der Waals surface area (Å²) in [6, 6.07) is 6.86. The maximum atomic E-state index is 12.0. The van der Waals surface area contributed by atoms with Crippen LogP contribution < -0.4 is 10.6 Å². The lowest BCUT2D eigenvalue weighted by Crippen LogP contribution is -2.22. The maximum Gasteiger partial charge on any atom is 0.441 e. The summed E-state index contributed by atoms with van der Waals surface area (Å²) in [6.45, 7) is 0.269. The van der Waals surface area contributed by atoms with Crippen molar-refractivity contribution in [2.45, 2.75) is 5.51 Å². The smallest absolute Gasteiger partial charge is 0.384 e. The van der Waals surface area contributed by atoms with Gasteiger partial charge in [0.05, 0.1) is 0 Å². The molecule has 0 heterocycles. The van der Waals surface area contributed by atoms with Crippen LogP contribution in [-0.2, 0) is 0 Å². The average Bonchev–Trinajstić information content (AvgIpc) is 2.27. The van der Waals surface area contributed by atoms with E-state index in [1.54, 1.807) is 36.2 Å². The van der Waals surface area contributed by atoms with Gasteiger partial charge in [0, 0.05) is 30.6 Å². The second kappa shape index (κ2) is 5.99. The number of hydrogen-bond acceptors (Lipinski definition) is 3. The number of nitrogens with two attached hydrogens (primary N) is 1. The average molecular weight is 277 g/mol. The van der Waals surface area contributed by atoms with E-state index in [1.807, 2.05) is 0 Å². The zero-order valence-electron chi connectivity index (χ0n) is 9.79. The molecular weight excluding hydrogens is 263 g/mol. The molecule has 0 saturated heterocycles. The van der Waals surface area contributed by atoms with Crippen LogP contribution in [0.3, 0.4) is 0 Å². The minimum absolute atomic E-state index is 0.0374. The Bertz CT molecular complexity index is 420. The third kappa shape index (κ3) is 4.87. The normalized spacial score (nSPS) is 11.3. The largest absolute Gasteiger partial charge is 0.441 e. The number of nitrogen functional groups attached to an aromatic ring is 1. The molecule has 3 nitrogen and oxygen atoms in total. The summed E-state index contributed by atoms with van der Waals surface area (Å²) in [4.78, 5) is 1.70. The van der Waals surface area contributed by atoms with Crippen LogP contribution in [0.25, 0.3) is 0 Å². The van der Waals surface area contributed by atoms with Gasteiger partial charge in [-0.2, -0.15) is 13.2 Å². The molecule has 0 aromatic heterocycles. The summed E-state index contributed by atoms with van der Waals surface area (Å²) < 4.78 is 35.9. The van der Waals surface area contributed by atoms with Crippen LogP contribution in [0.2, 0.25) is 0 Å². The molecule has 0 saturated carbocycles. The van der Waals surface area contributed by atoms with E-state index in [0.29, 0.717) is 5.56 Å². The number of rotatable bonds is 5. The van der Waals surface area contributed by atoms with Gasteiger partial charge in [-0.05, 0) is 23.9 Å². The monoisotopic (exact) mass is 277 g/mol. The second-order valence-corrected chi connectivity index (χ2v) is 4.84. The van der Waals surface area contributed by atoms with E-state index in [4.69, 9.17) is 11.1 Å². The maximum absolute atomic E-state index is 12.0. The molecule has 0 aliphatic rings. The molecule has 3 N–H and O–H groups in total. The van der Waals surface area contributed by atoms with Crippen LogP contribution in [0.15, 0.2) is 24.3 Å². The Balaban J connectivity index is 2.59. The summed E-state index contributed by atoms with van der Waals surface area (Å²) in [7, 11) is 1.70. The van der Waals surface area contributed by atoms with Crippen molar-refractivity contribution in [1.29, 1.82) is 5.41 Å². The van der Waals surface area contributed by atoms with Crippen molar-refractivity contribution in [2.75, 3.05) is 24.2 Å². The molecule has 7 heteroatoms. The van der Waals surface area contributed by atoms with Gasteiger partial charge < -0.3 is 10.6 Å². The Kier molecular flexibility index (Phi) is 4.89. The lowest BCUT2D eigenvalue weighted by molar-refractivity contribution is -0.0327. The highest BCUT2D eigenvalue weighted by atomic mass is 32.2. The highest BCUT2D eigenvalue weighted by Gasteiger charge is 2.27. The first-order valence-electron chi connectivity index (χ1n) is 5.16. The van der Waals surface area contributed by atoms with E-state index >= 15 is 0 Å². The van der Waals surface area contributed by atoms with Gasteiger partial charge in [0.2, 0.25) is 0 Å². The SMILES string of the molecule is CN(CCSC(F)(F)F)c1cccc(C(=N)N)c1. The van der Waals surface area contributed by atoms with Crippen molar-refractivity contribution in [3.05, 3.63) is 29.8 Å². The highest BCUT2D eigenvalue weighted by Crippen LogP contribution is 2.30. The molecular formula is C11H14F3N3S. The van der Waals surface area contributed by atoms with Crippen molar-refractivity contribution in [3.63, 3.8) is 0 Å². The molecule has 18 heavy (non-hydrogen) atoms. The van der Waals surface area contributed by atoms with Crippen LogP contribution in [0.5, 0.6) is 0 Å². The molecule has 0 unspecified atom stereocenters. The Morgan fingerprint density at radius 3 is 2.67 bits per heavy atom. The van der Waals surface area contributed by atoms with Gasteiger partial charge >= 0.3 is 5.51 Å². The first-order chi connectivity index (χ1) is 8.29. The molecule has 0 amide bonds. The van der Waals surface area contributed by atoms with Crippen LogP contribution in [0.1, 0.15) is 5.56 Å². The molecule has 1 aromatic rings. The molecule has 0 fully saturated rings. The topological polar surface area (TPSA) is 53.1 Å².